The van der Waals surface area contributed by atoms with Gasteiger partial charge in [0.15, 0.2) is 12.2 Å². The number of ether oxygens (including phenoxy) is 4. The molecular formula is C84H164O17P2. The van der Waals surface area contributed by atoms with Crippen LogP contribution in [-0.2, 0) is 65.4 Å². The molecule has 17 nitrogen and oxygen atoms in total. The molecule has 0 aromatic rings. The van der Waals surface area contributed by atoms with Crippen LogP contribution in [0.1, 0.15) is 446 Å². The minimum atomic E-state index is -4.96. The number of rotatable bonds is 83. The molecule has 0 heterocycles. The molecule has 0 bridgehead atoms. The fourth-order valence-corrected chi connectivity index (χ4v) is 14.6. The Kier molecular flexibility index (Phi) is 74.1. The number of unbranched alkanes of at least 4 members (excludes halogenated alkanes) is 53. The van der Waals surface area contributed by atoms with Crippen molar-refractivity contribution in [3.05, 3.63) is 0 Å². The van der Waals surface area contributed by atoms with Gasteiger partial charge in [0, 0.05) is 25.7 Å². The zero-order valence-electron chi connectivity index (χ0n) is 67.6. The molecule has 0 spiro atoms. The van der Waals surface area contributed by atoms with Gasteiger partial charge in [-0.1, -0.05) is 395 Å². The van der Waals surface area contributed by atoms with Crippen LogP contribution in [0.25, 0.3) is 0 Å². The van der Waals surface area contributed by atoms with Gasteiger partial charge in [0.1, 0.15) is 19.3 Å². The van der Waals surface area contributed by atoms with Crippen LogP contribution in [0.5, 0.6) is 0 Å². The van der Waals surface area contributed by atoms with Gasteiger partial charge in [-0.05, 0) is 37.5 Å². The Labute approximate surface area is 632 Å². The van der Waals surface area contributed by atoms with Crippen LogP contribution in [0.4, 0.5) is 0 Å². The molecule has 0 fully saturated rings. The molecular weight excluding hydrogens is 1340 g/mol. The predicted molar refractivity (Wildman–Crippen MR) is 423 cm³/mol. The number of aliphatic hydroxyl groups is 1. The average molecular weight is 1510 g/mol. The third-order valence-corrected chi connectivity index (χ3v) is 21.6. The van der Waals surface area contributed by atoms with Gasteiger partial charge in [-0.2, -0.15) is 0 Å². The number of esters is 4. The van der Waals surface area contributed by atoms with Gasteiger partial charge in [-0.3, -0.25) is 37.3 Å². The summed E-state index contributed by atoms with van der Waals surface area (Å²) in [6.07, 6.45) is 66.7. The topological polar surface area (TPSA) is 237 Å². The average Bonchev–Trinajstić information content (AvgIpc) is 0.990. The Morgan fingerprint density at radius 3 is 0.660 bits per heavy atom. The van der Waals surface area contributed by atoms with E-state index in [1.807, 2.05) is 0 Å². The number of carbonyl (C=O) groups is 4. The van der Waals surface area contributed by atoms with Crippen LogP contribution in [-0.4, -0.2) is 96.7 Å². The maximum absolute atomic E-state index is 13.1. The maximum Gasteiger partial charge on any atom is 0.472 e. The van der Waals surface area contributed by atoms with Crippen molar-refractivity contribution in [2.24, 2.45) is 11.8 Å². The van der Waals surface area contributed by atoms with Crippen LogP contribution < -0.4 is 0 Å². The van der Waals surface area contributed by atoms with E-state index in [2.05, 4.69) is 41.5 Å². The van der Waals surface area contributed by atoms with E-state index in [4.69, 9.17) is 37.0 Å². The summed E-state index contributed by atoms with van der Waals surface area (Å²) in [4.78, 5) is 73.1. The lowest BCUT2D eigenvalue weighted by atomic mass is 10.0. The van der Waals surface area contributed by atoms with Crippen molar-refractivity contribution in [2.45, 2.75) is 464 Å². The maximum atomic E-state index is 13.1. The SMILES string of the molecule is CCCCCCCCCCCCCCCCCCCCCCC(=O)O[C@H](COC(=O)CCCCCCCCCCCCCCCCCC(C)C)COP(=O)(O)OC[C@@H](O)COP(=O)(O)OC[C@@H](COC(=O)CCCCCCCCCC(C)C)OC(=O)CCCCCCCCCCCCCCCCC. The van der Waals surface area contributed by atoms with Crippen LogP contribution in [0, 0.1) is 11.8 Å². The number of hydrogen-bond donors (Lipinski definition) is 3. The normalized spacial score (nSPS) is 13.9. The number of hydrogen-bond acceptors (Lipinski definition) is 15. The van der Waals surface area contributed by atoms with E-state index in [0.29, 0.717) is 31.6 Å². The summed E-state index contributed by atoms with van der Waals surface area (Å²) in [5.41, 5.74) is 0. The second kappa shape index (κ2) is 75.5. The lowest BCUT2D eigenvalue weighted by molar-refractivity contribution is -0.161. The third-order valence-electron chi connectivity index (χ3n) is 19.7. The minimum absolute atomic E-state index is 0.108. The molecule has 0 aromatic heterocycles. The Balaban J connectivity index is 5.23. The molecule has 0 rings (SSSR count). The molecule has 0 saturated heterocycles. The summed E-state index contributed by atoms with van der Waals surface area (Å²) in [6, 6.07) is 0. The lowest BCUT2D eigenvalue weighted by Gasteiger charge is -2.21. The van der Waals surface area contributed by atoms with E-state index in [1.54, 1.807) is 0 Å². The Morgan fingerprint density at radius 2 is 0.447 bits per heavy atom. The molecule has 0 aliphatic rings. The zero-order chi connectivity index (χ0) is 75.6. The first-order chi connectivity index (χ1) is 49.9. The van der Waals surface area contributed by atoms with Gasteiger partial charge in [0.2, 0.25) is 0 Å². The van der Waals surface area contributed by atoms with Crippen LogP contribution in [0.2, 0.25) is 0 Å². The molecule has 2 unspecified atom stereocenters. The van der Waals surface area contributed by atoms with Crippen molar-refractivity contribution in [3.8, 4) is 0 Å². The highest BCUT2D eigenvalue weighted by molar-refractivity contribution is 7.47. The Morgan fingerprint density at radius 1 is 0.262 bits per heavy atom. The second-order valence-corrected chi connectivity index (χ2v) is 34.1. The van der Waals surface area contributed by atoms with Crippen LogP contribution in [0.3, 0.4) is 0 Å². The molecule has 5 atom stereocenters. The smallest absolute Gasteiger partial charge is 0.462 e. The van der Waals surface area contributed by atoms with Crippen molar-refractivity contribution in [1.82, 2.24) is 0 Å². The minimum Gasteiger partial charge on any atom is -0.462 e. The standard InChI is InChI=1S/C84H164O17P2/c1-7-9-11-13-15-17-19-21-23-24-25-26-27-31-36-40-44-50-57-63-69-83(88)100-79(72-94-81(86)66-60-54-48-42-38-34-32-28-30-33-37-41-46-52-58-64-76(3)4)74-98-102(90,91)96-70-78(85)71-97-103(92,93)99-75-80(73-95-82(87)67-61-55-51-45-47-53-59-65-77(5)6)101-84(89)68-62-56-49-43-39-35-29-22-20-18-16-14-12-10-8-2/h76-80,85H,7-75H2,1-6H3,(H,90,91)(H,92,93)/t78-,79-,80-/m1/s1. The molecule has 612 valence electrons. The van der Waals surface area contributed by atoms with Crippen molar-refractivity contribution >= 4 is 39.5 Å². The van der Waals surface area contributed by atoms with E-state index in [1.165, 1.54) is 257 Å². The van der Waals surface area contributed by atoms with Crippen molar-refractivity contribution < 1.29 is 80.2 Å². The highest BCUT2D eigenvalue weighted by Crippen LogP contribution is 2.45. The number of aliphatic hydroxyl groups excluding tert-OH is 1. The summed E-state index contributed by atoms with van der Waals surface area (Å²) in [5.74, 6) is -0.593. The zero-order valence-corrected chi connectivity index (χ0v) is 69.4. The number of phosphoric acid groups is 2. The number of phosphoric ester groups is 2. The summed E-state index contributed by atoms with van der Waals surface area (Å²) in [5, 5.41) is 10.7. The lowest BCUT2D eigenvalue weighted by Crippen LogP contribution is -2.30. The van der Waals surface area contributed by atoms with Crippen molar-refractivity contribution in [1.29, 1.82) is 0 Å². The second-order valence-electron chi connectivity index (χ2n) is 31.2. The first-order valence-electron chi connectivity index (χ1n) is 43.5. The fourth-order valence-electron chi connectivity index (χ4n) is 13.1. The van der Waals surface area contributed by atoms with Crippen LogP contribution in [0.15, 0.2) is 0 Å². The van der Waals surface area contributed by atoms with E-state index in [0.717, 1.165) is 102 Å². The predicted octanol–water partition coefficient (Wildman–Crippen LogP) is 25.5. The van der Waals surface area contributed by atoms with Crippen molar-refractivity contribution in [3.63, 3.8) is 0 Å². The molecule has 0 saturated carbocycles. The summed E-state index contributed by atoms with van der Waals surface area (Å²) < 4.78 is 68.8. The summed E-state index contributed by atoms with van der Waals surface area (Å²) in [6.45, 7) is 9.63. The van der Waals surface area contributed by atoms with Gasteiger partial charge in [-0.15, -0.1) is 0 Å². The Hall–Kier alpha value is -1.94. The van der Waals surface area contributed by atoms with Crippen LogP contribution >= 0.6 is 15.6 Å². The van der Waals surface area contributed by atoms with Gasteiger partial charge in [-0.25, -0.2) is 9.13 Å². The molecule has 0 aromatic carbocycles. The van der Waals surface area contributed by atoms with Crippen molar-refractivity contribution in [2.75, 3.05) is 39.6 Å². The van der Waals surface area contributed by atoms with E-state index in [9.17, 15) is 43.2 Å². The van der Waals surface area contributed by atoms with Gasteiger partial charge in [0.05, 0.1) is 26.4 Å². The quantitative estimate of drug-likeness (QED) is 0.0222. The summed E-state index contributed by atoms with van der Waals surface area (Å²) in [7, 11) is -9.92. The first kappa shape index (κ1) is 101. The molecule has 0 amide bonds. The first-order valence-corrected chi connectivity index (χ1v) is 46.5. The van der Waals surface area contributed by atoms with E-state index < -0.39 is 97.5 Å². The number of carbonyl (C=O) groups excluding carboxylic acids is 4. The van der Waals surface area contributed by atoms with E-state index in [-0.39, 0.29) is 25.7 Å². The monoisotopic (exact) mass is 1510 g/mol. The van der Waals surface area contributed by atoms with Gasteiger partial charge in [0.25, 0.3) is 0 Å². The molecule has 0 aliphatic heterocycles. The van der Waals surface area contributed by atoms with Gasteiger partial charge >= 0.3 is 39.5 Å². The molecule has 3 N–H and O–H groups in total. The fraction of sp³-hybridized carbons (Fsp3) is 0.952. The highest BCUT2D eigenvalue weighted by atomic mass is 31.2. The summed E-state index contributed by atoms with van der Waals surface area (Å²) >= 11 is 0. The van der Waals surface area contributed by atoms with Gasteiger partial charge < -0.3 is 33.8 Å². The molecule has 0 radical (unpaired) electrons. The van der Waals surface area contributed by atoms with E-state index >= 15 is 0 Å². The largest absolute Gasteiger partial charge is 0.472 e. The Bertz CT molecular complexity index is 1980. The molecule has 19 heteroatoms. The third kappa shape index (κ3) is 78.0. The molecule has 103 heavy (non-hydrogen) atoms. The molecule has 0 aliphatic carbocycles. The highest BCUT2D eigenvalue weighted by Gasteiger charge is 2.30.